The van der Waals surface area contributed by atoms with Crippen LogP contribution in [0.1, 0.15) is 25.3 Å². The molecule has 0 saturated carbocycles. The van der Waals surface area contributed by atoms with E-state index in [1.165, 1.54) is 12.1 Å². The molecule has 8 heteroatoms. The molecule has 2 rings (SSSR count). The van der Waals surface area contributed by atoms with Crippen molar-refractivity contribution in [2.24, 2.45) is 0 Å². The van der Waals surface area contributed by atoms with Gasteiger partial charge in [-0.1, -0.05) is 13.3 Å². The van der Waals surface area contributed by atoms with E-state index in [4.69, 9.17) is 0 Å². The van der Waals surface area contributed by atoms with Crippen molar-refractivity contribution in [1.29, 1.82) is 5.26 Å². The number of aromatic nitrogens is 2. The van der Waals surface area contributed by atoms with E-state index in [2.05, 4.69) is 22.3 Å². The SMILES string of the molecule is CCCCNN(c1ccc(S(C)(=O)=O)c(C#N)c1)c1ncccn1. The molecule has 0 saturated heterocycles. The van der Waals surface area contributed by atoms with Gasteiger partial charge in [0.2, 0.25) is 5.95 Å². The molecule has 0 fully saturated rings. The van der Waals surface area contributed by atoms with E-state index in [1.54, 1.807) is 29.5 Å². The lowest BCUT2D eigenvalue weighted by molar-refractivity contribution is 0.601. The van der Waals surface area contributed by atoms with Gasteiger partial charge in [-0.15, -0.1) is 0 Å². The number of anilines is 2. The van der Waals surface area contributed by atoms with Crippen molar-refractivity contribution in [3.05, 3.63) is 42.2 Å². The maximum absolute atomic E-state index is 11.8. The molecule has 0 unspecified atom stereocenters. The molecule has 0 aliphatic heterocycles. The number of sulfone groups is 1. The average Bonchev–Trinajstić information content (AvgIpc) is 2.58. The number of nitriles is 1. The minimum absolute atomic E-state index is 0.0104. The van der Waals surface area contributed by atoms with Crippen LogP contribution in [-0.4, -0.2) is 31.2 Å². The first-order valence-corrected chi connectivity index (χ1v) is 9.41. The van der Waals surface area contributed by atoms with Crippen LogP contribution >= 0.6 is 0 Å². The second-order valence-corrected chi connectivity index (χ2v) is 7.19. The molecule has 0 radical (unpaired) electrons. The van der Waals surface area contributed by atoms with Crippen LogP contribution in [0.3, 0.4) is 0 Å². The third-order valence-electron chi connectivity index (χ3n) is 3.29. The summed E-state index contributed by atoms with van der Waals surface area (Å²) in [6.07, 6.45) is 6.29. The fourth-order valence-corrected chi connectivity index (χ4v) is 2.94. The molecular weight excluding hydrogens is 326 g/mol. The highest BCUT2D eigenvalue weighted by atomic mass is 32.2. The van der Waals surface area contributed by atoms with E-state index in [-0.39, 0.29) is 10.5 Å². The number of nitrogens with zero attached hydrogens (tertiary/aromatic N) is 4. The van der Waals surface area contributed by atoms with Gasteiger partial charge < -0.3 is 0 Å². The van der Waals surface area contributed by atoms with Crippen molar-refractivity contribution < 1.29 is 8.42 Å². The first kappa shape index (κ1) is 17.8. The lowest BCUT2D eigenvalue weighted by atomic mass is 10.2. The van der Waals surface area contributed by atoms with Gasteiger partial charge in [-0.05, 0) is 30.7 Å². The highest BCUT2D eigenvalue weighted by molar-refractivity contribution is 7.90. The normalized spacial score (nSPS) is 11.0. The maximum atomic E-state index is 11.8. The molecular formula is C16H19N5O2S. The lowest BCUT2D eigenvalue weighted by Gasteiger charge is -2.23. The summed E-state index contributed by atoms with van der Waals surface area (Å²) in [4.78, 5) is 8.43. The number of hydrogen-bond donors (Lipinski definition) is 1. The third kappa shape index (κ3) is 4.28. The first-order valence-electron chi connectivity index (χ1n) is 7.52. The second kappa shape index (κ2) is 7.86. The van der Waals surface area contributed by atoms with E-state index in [0.29, 0.717) is 18.2 Å². The maximum Gasteiger partial charge on any atom is 0.244 e. The summed E-state index contributed by atoms with van der Waals surface area (Å²) in [7, 11) is -3.47. The molecule has 1 N–H and O–H groups in total. The molecule has 2 aromatic rings. The molecule has 0 bridgehead atoms. The molecule has 126 valence electrons. The zero-order chi connectivity index (χ0) is 17.6. The zero-order valence-corrected chi connectivity index (χ0v) is 14.4. The number of hydrogen-bond acceptors (Lipinski definition) is 7. The summed E-state index contributed by atoms with van der Waals surface area (Å²) in [6, 6.07) is 8.23. The minimum Gasteiger partial charge on any atom is -0.244 e. The number of hydrazine groups is 1. The Bertz CT molecular complexity index is 831. The fraction of sp³-hybridized carbons (Fsp3) is 0.312. The van der Waals surface area contributed by atoms with E-state index < -0.39 is 9.84 Å². The van der Waals surface area contributed by atoms with Gasteiger partial charge in [-0.25, -0.2) is 28.8 Å². The quantitative estimate of drug-likeness (QED) is 0.606. The Labute approximate surface area is 141 Å². The smallest absolute Gasteiger partial charge is 0.244 e. The summed E-state index contributed by atoms with van der Waals surface area (Å²) >= 11 is 0. The van der Waals surface area contributed by atoms with E-state index in [0.717, 1.165) is 19.1 Å². The molecule has 0 aliphatic rings. The minimum atomic E-state index is -3.47. The standard InChI is InChI=1S/C16H19N5O2S/c1-3-4-10-20-21(16-18-8-5-9-19-16)14-6-7-15(24(2,22)23)13(11-14)12-17/h5-9,11,20H,3-4,10H2,1-2H3. The van der Waals surface area contributed by atoms with Gasteiger partial charge in [-0.3, -0.25) is 0 Å². The molecule has 7 nitrogen and oxygen atoms in total. The summed E-state index contributed by atoms with van der Waals surface area (Å²) in [6.45, 7) is 2.78. The third-order valence-corrected chi connectivity index (χ3v) is 4.45. The van der Waals surface area contributed by atoms with Crippen molar-refractivity contribution in [2.45, 2.75) is 24.7 Å². The summed E-state index contributed by atoms with van der Waals surface area (Å²) in [5, 5.41) is 10.9. The van der Waals surface area contributed by atoms with E-state index in [9.17, 15) is 13.7 Å². The van der Waals surface area contributed by atoms with Gasteiger partial charge in [-0.2, -0.15) is 5.26 Å². The Hall–Kier alpha value is -2.50. The largest absolute Gasteiger partial charge is 0.244 e. The molecule has 1 aromatic heterocycles. The number of nitrogens with one attached hydrogen (secondary N) is 1. The first-order chi connectivity index (χ1) is 11.5. The topological polar surface area (TPSA) is 99.0 Å². The Morgan fingerprint density at radius 2 is 2.00 bits per heavy atom. The predicted octanol–water partition coefficient (Wildman–Crippen LogP) is 2.19. The molecule has 1 aromatic carbocycles. The Balaban J connectivity index is 2.45. The molecule has 0 atom stereocenters. The highest BCUT2D eigenvalue weighted by Gasteiger charge is 2.17. The summed E-state index contributed by atoms with van der Waals surface area (Å²) in [5.74, 6) is 0.421. The van der Waals surface area contributed by atoms with Crippen LogP contribution in [0.2, 0.25) is 0 Å². The van der Waals surface area contributed by atoms with Crippen molar-refractivity contribution >= 4 is 21.5 Å². The van der Waals surface area contributed by atoms with Gasteiger partial charge in [0.1, 0.15) is 6.07 Å². The van der Waals surface area contributed by atoms with Crippen LogP contribution in [0.15, 0.2) is 41.6 Å². The van der Waals surface area contributed by atoms with Gasteiger partial charge in [0, 0.05) is 25.2 Å². The Morgan fingerprint density at radius 1 is 1.29 bits per heavy atom. The number of unbranched alkanes of at least 4 members (excludes halogenated alkanes) is 1. The van der Waals surface area contributed by atoms with E-state index in [1.807, 2.05) is 6.07 Å². The summed E-state index contributed by atoms with van der Waals surface area (Å²) in [5.41, 5.74) is 3.90. The Morgan fingerprint density at radius 3 is 2.58 bits per heavy atom. The van der Waals surface area contributed by atoms with Crippen LogP contribution in [0.5, 0.6) is 0 Å². The molecule has 0 spiro atoms. The van der Waals surface area contributed by atoms with Crippen molar-refractivity contribution in [1.82, 2.24) is 15.4 Å². The molecule has 0 amide bonds. The van der Waals surface area contributed by atoms with Gasteiger partial charge in [0.15, 0.2) is 9.84 Å². The number of rotatable bonds is 7. The zero-order valence-electron chi connectivity index (χ0n) is 13.6. The predicted molar refractivity (Wildman–Crippen MR) is 91.3 cm³/mol. The van der Waals surface area contributed by atoms with Crippen molar-refractivity contribution in [2.75, 3.05) is 17.8 Å². The van der Waals surface area contributed by atoms with Crippen LogP contribution < -0.4 is 10.4 Å². The van der Waals surface area contributed by atoms with Crippen molar-refractivity contribution in [3.8, 4) is 6.07 Å². The monoisotopic (exact) mass is 345 g/mol. The molecule has 0 aliphatic carbocycles. The van der Waals surface area contributed by atoms with Gasteiger partial charge >= 0.3 is 0 Å². The second-order valence-electron chi connectivity index (χ2n) is 5.21. The van der Waals surface area contributed by atoms with Crippen molar-refractivity contribution in [3.63, 3.8) is 0 Å². The summed E-state index contributed by atoms with van der Waals surface area (Å²) < 4.78 is 23.5. The highest BCUT2D eigenvalue weighted by Crippen LogP contribution is 2.25. The molecule has 1 heterocycles. The van der Waals surface area contributed by atoms with E-state index >= 15 is 0 Å². The lowest BCUT2D eigenvalue weighted by Crippen LogP contribution is -2.35. The molecule has 24 heavy (non-hydrogen) atoms. The van der Waals surface area contributed by atoms with Crippen LogP contribution in [0.25, 0.3) is 0 Å². The number of benzene rings is 1. The van der Waals surface area contributed by atoms with Gasteiger partial charge in [0.05, 0.1) is 16.1 Å². The fourth-order valence-electron chi connectivity index (χ4n) is 2.12. The van der Waals surface area contributed by atoms with Gasteiger partial charge in [0.25, 0.3) is 0 Å². The average molecular weight is 345 g/mol. The Kier molecular flexibility index (Phi) is 5.84. The van der Waals surface area contributed by atoms with Crippen LogP contribution in [0, 0.1) is 11.3 Å². The van der Waals surface area contributed by atoms with Crippen LogP contribution in [-0.2, 0) is 9.84 Å². The van der Waals surface area contributed by atoms with Crippen LogP contribution in [0.4, 0.5) is 11.6 Å².